The molecule has 1 rings (SSSR count). The third kappa shape index (κ3) is 3.09. The van der Waals surface area contributed by atoms with Crippen molar-refractivity contribution in [3.05, 3.63) is 28.3 Å². The predicted octanol–water partition coefficient (Wildman–Crippen LogP) is 1.33. The van der Waals surface area contributed by atoms with Crippen LogP contribution in [0.4, 0.5) is 5.69 Å². The number of nitrogens with zero attached hydrogens (tertiary/aromatic N) is 1. The normalized spacial score (nSPS) is 11.9. The van der Waals surface area contributed by atoms with Crippen molar-refractivity contribution in [2.24, 2.45) is 5.73 Å². The summed E-state index contributed by atoms with van der Waals surface area (Å²) in [5.74, 6) is 0.614. The molecule has 1 unspecified atom stereocenters. The number of nitro groups is 1. The Morgan fingerprint density at radius 1 is 1.56 bits per heavy atom. The first-order valence-electron chi connectivity index (χ1n) is 4.75. The fraction of sp³-hybridized carbons (Fsp3) is 0.400. The van der Waals surface area contributed by atoms with Crippen LogP contribution >= 0.6 is 0 Å². The van der Waals surface area contributed by atoms with Gasteiger partial charge in [0.05, 0.1) is 18.1 Å². The van der Waals surface area contributed by atoms with Crippen LogP contribution in [0.2, 0.25) is 0 Å². The summed E-state index contributed by atoms with van der Waals surface area (Å²) in [5, 5.41) is 10.8. The molecule has 0 aliphatic carbocycles. The molecule has 1 aromatic carbocycles. The van der Waals surface area contributed by atoms with Gasteiger partial charge >= 0.3 is 5.69 Å². The maximum Gasteiger partial charge on any atom is 0.314 e. The molecule has 2 N–H and O–H groups in total. The van der Waals surface area contributed by atoms with Gasteiger partial charge in [0.1, 0.15) is 12.4 Å². The molecule has 0 saturated carbocycles. The molecule has 6 nitrogen and oxygen atoms in total. The van der Waals surface area contributed by atoms with E-state index in [0.29, 0.717) is 5.75 Å². The van der Waals surface area contributed by atoms with Crippen molar-refractivity contribution in [2.75, 3.05) is 13.7 Å². The van der Waals surface area contributed by atoms with Crippen molar-refractivity contribution in [1.29, 1.82) is 0 Å². The highest BCUT2D eigenvalue weighted by Gasteiger charge is 2.16. The number of hydrogen-bond acceptors (Lipinski definition) is 5. The molecule has 0 aliphatic rings. The van der Waals surface area contributed by atoms with Gasteiger partial charge in [-0.2, -0.15) is 0 Å². The van der Waals surface area contributed by atoms with Crippen LogP contribution in [0, 0.1) is 10.1 Å². The number of benzene rings is 1. The maximum atomic E-state index is 10.8. The van der Waals surface area contributed by atoms with Gasteiger partial charge < -0.3 is 15.2 Å². The van der Waals surface area contributed by atoms with E-state index in [0.717, 1.165) is 0 Å². The Morgan fingerprint density at radius 3 is 2.75 bits per heavy atom. The van der Waals surface area contributed by atoms with Gasteiger partial charge in [-0.05, 0) is 19.1 Å². The van der Waals surface area contributed by atoms with Gasteiger partial charge in [-0.25, -0.2) is 0 Å². The average Bonchev–Trinajstić information content (AvgIpc) is 2.25. The highest BCUT2D eigenvalue weighted by atomic mass is 16.6. The minimum absolute atomic E-state index is 0.125. The maximum absolute atomic E-state index is 10.8. The predicted molar refractivity (Wildman–Crippen MR) is 58.8 cm³/mol. The second kappa shape index (κ2) is 5.32. The van der Waals surface area contributed by atoms with E-state index < -0.39 is 4.92 Å². The molecule has 0 bridgehead atoms. The highest BCUT2D eigenvalue weighted by Crippen LogP contribution is 2.30. The Hall–Kier alpha value is -1.82. The topological polar surface area (TPSA) is 87.6 Å². The summed E-state index contributed by atoms with van der Waals surface area (Å²) in [7, 11) is 1.45. The fourth-order valence-corrected chi connectivity index (χ4v) is 1.11. The Morgan fingerprint density at radius 2 is 2.25 bits per heavy atom. The van der Waals surface area contributed by atoms with Crippen LogP contribution in [-0.4, -0.2) is 24.7 Å². The monoisotopic (exact) mass is 226 g/mol. The molecule has 0 heterocycles. The van der Waals surface area contributed by atoms with Gasteiger partial charge in [0.2, 0.25) is 0 Å². The van der Waals surface area contributed by atoms with Crippen molar-refractivity contribution in [3.8, 4) is 11.5 Å². The molecule has 88 valence electrons. The standard InChI is InChI=1S/C10H14N2O4/c1-7(11)6-16-10-4-3-8(15-2)5-9(10)12(13)14/h3-5,7H,6,11H2,1-2H3. The number of nitro benzene ring substituents is 1. The third-order valence-electron chi connectivity index (χ3n) is 1.86. The zero-order chi connectivity index (χ0) is 12.1. The molecule has 0 saturated heterocycles. The molecule has 0 aromatic heterocycles. The van der Waals surface area contributed by atoms with E-state index in [-0.39, 0.29) is 24.1 Å². The van der Waals surface area contributed by atoms with E-state index in [2.05, 4.69) is 0 Å². The van der Waals surface area contributed by atoms with Crippen LogP contribution < -0.4 is 15.2 Å². The van der Waals surface area contributed by atoms with Gasteiger partial charge in [-0.3, -0.25) is 10.1 Å². The van der Waals surface area contributed by atoms with Crippen molar-refractivity contribution >= 4 is 5.69 Å². The Kier molecular flexibility index (Phi) is 4.07. The molecule has 0 fully saturated rings. The minimum Gasteiger partial charge on any atom is -0.496 e. The SMILES string of the molecule is COc1ccc(OCC(C)N)c([N+](=O)[O-])c1. The summed E-state index contributed by atoms with van der Waals surface area (Å²) in [4.78, 5) is 10.3. The molecule has 1 atom stereocenters. The van der Waals surface area contributed by atoms with Crippen molar-refractivity contribution in [1.82, 2.24) is 0 Å². The Bertz CT molecular complexity index is 379. The molecule has 6 heteroatoms. The Labute approximate surface area is 93.1 Å². The van der Waals surface area contributed by atoms with Gasteiger partial charge in [-0.15, -0.1) is 0 Å². The lowest BCUT2D eigenvalue weighted by atomic mass is 10.3. The number of nitrogens with two attached hydrogens (primary N) is 1. The lowest BCUT2D eigenvalue weighted by Crippen LogP contribution is -2.23. The van der Waals surface area contributed by atoms with Crippen molar-refractivity contribution < 1.29 is 14.4 Å². The van der Waals surface area contributed by atoms with E-state index in [1.54, 1.807) is 13.0 Å². The number of rotatable bonds is 5. The zero-order valence-corrected chi connectivity index (χ0v) is 9.17. The van der Waals surface area contributed by atoms with E-state index in [1.807, 2.05) is 0 Å². The lowest BCUT2D eigenvalue weighted by Gasteiger charge is -2.09. The van der Waals surface area contributed by atoms with E-state index in [9.17, 15) is 10.1 Å². The van der Waals surface area contributed by atoms with Crippen molar-refractivity contribution in [3.63, 3.8) is 0 Å². The first-order chi connectivity index (χ1) is 7.54. The third-order valence-corrected chi connectivity index (χ3v) is 1.86. The average molecular weight is 226 g/mol. The first kappa shape index (κ1) is 12.3. The summed E-state index contributed by atoms with van der Waals surface area (Å²) in [6, 6.07) is 4.24. The van der Waals surface area contributed by atoms with Gasteiger partial charge in [0.25, 0.3) is 0 Å². The minimum atomic E-state index is -0.515. The van der Waals surface area contributed by atoms with E-state index in [4.69, 9.17) is 15.2 Å². The quantitative estimate of drug-likeness (QED) is 0.604. The van der Waals surface area contributed by atoms with Gasteiger partial charge in [-0.1, -0.05) is 0 Å². The second-order valence-electron chi connectivity index (χ2n) is 3.38. The molecule has 0 radical (unpaired) electrons. The highest BCUT2D eigenvalue weighted by molar-refractivity contribution is 5.50. The zero-order valence-electron chi connectivity index (χ0n) is 9.17. The van der Waals surface area contributed by atoms with Gasteiger partial charge in [0.15, 0.2) is 5.75 Å². The fourth-order valence-electron chi connectivity index (χ4n) is 1.11. The number of hydrogen-bond donors (Lipinski definition) is 1. The van der Waals surface area contributed by atoms with Crippen LogP contribution in [0.25, 0.3) is 0 Å². The second-order valence-corrected chi connectivity index (χ2v) is 3.38. The molecule has 0 spiro atoms. The van der Waals surface area contributed by atoms with Gasteiger partial charge in [0, 0.05) is 6.04 Å². The number of methoxy groups -OCH3 is 1. The van der Waals surface area contributed by atoms with Crippen LogP contribution in [0.5, 0.6) is 11.5 Å². The summed E-state index contributed by atoms with van der Waals surface area (Å²) < 4.78 is 10.1. The summed E-state index contributed by atoms with van der Waals surface area (Å²) in [6.45, 7) is 1.99. The molecule has 16 heavy (non-hydrogen) atoms. The Balaban J connectivity index is 2.94. The summed E-state index contributed by atoms with van der Waals surface area (Å²) >= 11 is 0. The molecule has 0 aliphatic heterocycles. The van der Waals surface area contributed by atoms with E-state index in [1.165, 1.54) is 19.2 Å². The van der Waals surface area contributed by atoms with Crippen LogP contribution in [-0.2, 0) is 0 Å². The lowest BCUT2D eigenvalue weighted by molar-refractivity contribution is -0.385. The van der Waals surface area contributed by atoms with Crippen LogP contribution in [0.1, 0.15) is 6.92 Å². The molecular weight excluding hydrogens is 212 g/mol. The van der Waals surface area contributed by atoms with Crippen LogP contribution in [0.3, 0.4) is 0 Å². The molecule has 0 amide bonds. The summed E-state index contributed by atoms with van der Waals surface area (Å²) in [5.41, 5.74) is 5.38. The first-order valence-corrected chi connectivity index (χ1v) is 4.75. The van der Waals surface area contributed by atoms with Crippen molar-refractivity contribution in [2.45, 2.75) is 13.0 Å². The van der Waals surface area contributed by atoms with Crippen LogP contribution in [0.15, 0.2) is 18.2 Å². The largest absolute Gasteiger partial charge is 0.496 e. The molecule has 1 aromatic rings. The smallest absolute Gasteiger partial charge is 0.314 e. The van der Waals surface area contributed by atoms with E-state index >= 15 is 0 Å². The number of ether oxygens (including phenoxy) is 2. The molecular formula is C10H14N2O4. The summed E-state index contributed by atoms with van der Waals surface area (Å²) in [6.07, 6.45) is 0.